The topological polar surface area (TPSA) is 77.2 Å². The number of carbonyl (C=O) groups is 1. The van der Waals surface area contributed by atoms with Gasteiger partial charge in [-0.05, 0) is 17.7 Å². The molecule has 0 unspecified atom stereocenters. The zero-order chi connectivity index (χ0) is 15.6. The van der Waals surface area contributed by atoms with E-state index < -0.39 is 23.5 Å². The van der Waals surface area contributed by atoms with Gasteiger partial charge in [0.25, 0.3) is 0 Å². The molecule has 112 valence electrons. The molecule has 1 aromatic carbocycles. The predicted molar refractivity (Wildman–Crippen MR) is 64.1 cm³/mol. The molecular weight excluding hydrogens is 291 g/mol. The summed E-state index contributed by atoms with van der Waals surface area (Å²) in [6, 6.07) is 6.28. The van der Waals surface area contributed by atoms with Crippen LogP contribution >= 0.6 is 0 Å². The molecule has 1 aromatic heterocycles. The van der Waals surface area contributed by atoms with Crippen molar-refractivity contribution in [1.29, 1.82) is 0 Å². The van der Waals surface area contributed by atoms with E-state index in [0.29, 0.717) is 16.0 Å². The van der Waals surface area contributed by atoms with Gasteiger partial charge in [-0.25, -0.2) is 9.48 Å². The molecule has 6 nitrogen and oxygen atoms in total. The van der Waals surface area contributed by atoms with E-state index in [1.54, 1.807) is 24.3 Å². The number of benzene rings is 1. The number of hydrogen-bond acceptors (Lipinski definition) is 4. The SMILES string of the molecule is COc1ccc(Cn2nnc(C(=O)O)c2C(F)(F)F)cc1. The van der Waals surface area contributed by atoms with Gasteiger partial charge in [0.15, 0.2) is 5.69 Å². The van der Waals surface area contributed by atoms with Crippen LogP contribution in [0, 0.1) is 0 Å². The van der Waals surface area contributed by atoms with Crippen LogP contribution in [-0.4, -0.2) is 33.2 Å². The molecule has 9 heteroatoms. The average molecular weight is 301 g/mol. The number of carboxylic acid groups (broad SMARTS) is 1. The third kappa shape index (κ3) is 3.12. The Morgan fingerprint density at radius 3 is 2.43 bits per heavy atom. The average Bonchev–Trinajstić information content (AvgIpc) is 2.83. The van der Waals surface area contributed by atoms with Gasteiger partial charge < -0.3 is 9.84 Å². The molecule has 0 aliphatic carbocycles. The number of aromatic nitrogens is 3. The lowest BCUT2D eigenvalue weighted by Crippen LogP contribution is -2.18. The third-order valence-corrected chi connectivity index (χ3v) is 2.70. The Kier molecular flexibility index (Phi) is 3.83. The van der Waals surface area contributed by atoms with Crippen molar-refractivity contribution in [2.45, 2.75) is 12.7 Å². The van der Waals surface area contributed by atoms with Gasteiger partial charge in [0.05, 0.1) is 13.7 Å². The van der Waals surface area contributed by atoms with Crippen LogP contribution in [0.25, 0.3) is 0 Å². The van der Waals surface area contributed by atoms with Crippen LogP contribution in [0.3, 0.4) is 0 Å². The smallest absolute Gasteiger partial charge is 0.435 e. The Bertz CT molecular complexity index is 650. The number of hydrogen-bond donors (Lipinski definition) is 1. The molecular formula is C12H10F3N3O3. The number of carboxylic acids is 1. The van der Waals surface area contributed by atoms with E-state index in [2.05, 4.69) is 10.3 Å². The van der Waals surface area contributed by atoms with Crippen LogP contribution in [0.15, 0.2) is 24.3 Å². The first-order chi connectivity index (χ1) is 9.82. The van der Waals surface area contributed by atoms with Crippen LogP contribution in [0.5, 0.6) is 5.75 Å². The van der Waals surface area contributed by atoms with Gasteiger partial charge >= 0.3 is 12.1 Å². The minimum Gasteiger partial charge on any atom is -0.497 e. The zero-order valence-electron chi connectivity index (χ0n) is 10.8. The van der Waals surface area contributed by atoms with Crippen molar-refractivity contribution in [3.8, 4) is 5.75 Å². The van der Waals surface area contributed by atoms with Crippen molar-refractivity contribution in [3.63, 3.8) is 0 Å². The summed E-state index contributed by atoms with van der Waals surface area (Å²) in [6.07, 6.45) is -4.86. The lowest BCUT2D eigenvalue weighted by atomic mass is 10.2. The number of aromatic carboxylic acids is 1. The Morgan fingerprint density at radius 1 is 1.33 bits per heavy atom. The van der Waals surface area contributed by atoms with Crippen LogP contribution in [-0.2, 0) is 12.7 Å². The van der Waals surface area contributed by atoms with Crippen LogP contribution < -0.4 is 4.74 Å². The van der Waals surface area contributed by atoms with Gasteiger partial charge in [0.1, 0.15) is 5.75 Å². The second kappa shape index (κ2) is 5.43. The standard InChI is InChI=1S/C12H10F3N3O3/c1-21-8-4-2-7(3-5-8)6-18-10(12(13,14)15)9(11(19)20)16-17-18/h2-5H,6H2,1H3,(H,19,20). The van der Waals surface area contributed by atoms with E-state index in [1.165, 1.54) is 7.11 Å². The highest BCUT2D eigenvalue weighted by Crippen LogP contribution is 2.31. The molecule has 0 spiro atoms. The van der Waals surface area contributed by atoms with Crippen molar-refractivity contribution in [2.24, 2.45) is 0 Å². The maximum absolute atomic E-state index is 12.9. The van der Waals surface area contributed by atoms with E-state index in [-0.39, 0.29) is 6.54 Å². The molecule has 0 amide bonds. The second-order valence-corrected chi connectivity index (χ2v) is 4.10. The van der Waals surface area contributed by atoms with Gasteiger partial charge in [0.2, 0.25) is 5.69 Å². The molecule has 0 aliphatic rings. The second-order valence-electron chi connectivity index (χ2n) is 4.10. The summed E-state index contributed by atoms with van der Waals surface area (Å²) in [4.78, 5) is 10.8. The monoisotopic (exact) mass is 301 g/mol. The molecule has 0 aliphatic heterocycles. The van der Waals surface area contributed by atoms with Gasteiger partial charge in [-0.1, -0.05) is 17.3 Å². The maximum Gasteiger partial charge on any atom is 0.435 e. The van der Waals surface area contributed by atoms with Crippen molar-refractivity contribution in [1.82, 2.24) is 15.0 Å². The minimum absolute atomic E-state index is 0.251. The number of alkyl halides is 3. The van der Waals surface area contributed by atoms with E-state index in [1.807, 2.05) is 0 Å². The van der Waals surface area contributed by atoms with Crippen LogP contribution in [0.2, 0.25) is 0 Å². The first-order valence-corrected chi connectivity index (χ1v) is 5.70. The fraction of sp³-hybridized carbons (Fsp3) is 0.250. The minimum atomic E-state index is -4.86. The first-order valence-electron chi connectivity index (χ1n) is 5.70. The van der Waals surface area contributed by atoms with Gasteiger partial charge in [-0.15, -0.1) is 5.10 Å². The van der Waals surface area contributed by atoms with E-state index in [0.717, 1.165) is 0 Å². The number of halogens is 3. The molecule has 0 radical (unpaired) electrons. The van der Waals surface area contributed by atoms with E-state index in [4.69, 9.17) is 9.84 Å². The molecule has 0 atom stereocenters. The molecule has 0 saturated carbocycles. The maximum atomic E-state index is 12.9. The summed E-state index contributed by atoms with van der Waals surface area (Å²) in [7, 11) is 1.47. The number of nitrogens with zero attached hydrogens (tertiary/aromatic N) is 3. The van der Waals surface area contributed by atoms with Crippen molar-refractivity contribution >= 4 is 5.97 Å². The highest BCUT2D eigenvalue weighted by Gasteiger charge is 2.41. The quantitative estimate of drug-likeness (QED) is 0.935. The Balaban J connectivity index is 2.37. The molecule has 2 rings (SSSR count). The number of rotatable bonds is 4. The lowest BCUT2D eigenvalue weighted by molar-refractivity contribution is -0.144. The molecule has 21 heavy (non-hydrogen) atoms. The summed E-state index contributed by atoms with van der Waals surface area (Å²) >= 11 is 0. The Morgan fingerprint density at radius 2 is 1.95 bits per heavy atom. The van der Waals surface area contributed by atoms with Gasteiger partial charge in [-0.3, -0.25) is 0 Å². The third-order valence-electron chi connectivity index (χ3n) is 2.70. The molecule has 0 fully saturated rings. The predicted octanol–water partition coefficient (Wildman–Crippen LogP) is 2.05. The molecule has 1 heterocycles. The Labute approximate surface area is 116 Å². The summed E-state index contributed by atoms with van der Waals surface area (Å²) in [6.45, 7) is -0.251. The molecule has 2 aromatic rings. The van der Waals surface area contributed by atoms with Crippen molar-refractivity contribution in [2.75, 3.05) is 7.11 Å². The van der Waals surface area contributed by atoms with Crippen molar-refractivity contribution < 1.29 is 27.8 Å². The Hall–Kier alpha value is -2.58. The fourth-order valence-corrected chi connectivity index (χ4v) is 1.75. The highest BCUT2D eigenvalue weighted by atomic mass is 19.4. The summed E-state index contributed by atoms with van der Waals surface area (Å²) in [5, 5.41) is 15.1. The molecule has 1 N–H and O–H groups in total. The summed E-state index contributed by atoms with van der Waals surface area (Å²) in [5.74, 6) is -1.22. The largest absolute Gasteiger partial charge is 0.497 e. The number of methoxy groups -OCH3 is 1. The number of ether oxygens (including phenoxy) is 1. The first kappa shape index (κ1) is 14.8. The fourth-order valence-electron chi connectivity index (χ4n) is 1.75. The van der Waals surface area contributed by atoms with Crippen LogP contribution in [0.4, 0.5) is 13.2 Å². The van der Waals surface area contributed by atoms with E-state index in [9.17, 15) is 18.0 Å². The van der Waals surface area contributed by atoms with E-state index >= 15 is 0 Å². The van der Waals surface area contributed by atoms with Crippen LogP contribution in [0.1, 0.15) is 21.7 Å². The molecule has 0 bridgehead atoms. The van der Waals surface area contributed by atoms with Gasteiger partial charge in [-0.2, -0.15) is 13.2 Å². The zero-order valence-corrected chi connectivity index (χ0v) is 10.8. The van der Waals surface area contributed by atoms with Crippen molar-refractivity contribution in [3.05, 3.63) is 41.2 Å². The summed E-state index contributed by atoms with van der Waals surface area (Å²) in [5.41, 5.74) is -2.00. The lowest BCUT2D eigenvalue weighted by Gasteiger charge is -2.10. The molecule has 0 saturated heterocycles. The summed E-state index contributed by atoms with van der Waals surface area (Å²) < 4.78 is 44.3. The van der Waals surface area contributed by atoms with Gasteiger partial charge in [0, 0.05) is 0 Å². The highest BCUT2D eigenvalue weighted by molar-refractivity contribution is 5.86. The normalized spacial score (nSPS) is 11.4.